The van der Waals surface area contributed by atoms with E-state index in [2.05, 4.69) is 51.8 Å². The lowest BCUT2D eigenvalue weighted by Crippen LogP contribution is -2.56. The van der Waals surface area contributed by atoms with Crippen molar-refractivity contribution in [3.05, 3.63) is 11.6 Å². The molecule has 0 aromatic heterocycles. The monoisotopic (exact) mass is 503 g/mol. The maximum absolute atomic E-state index is 14.6. The summed E-state index contributed by atoms with van der Waals surface area (Å²) in [5.74, 6) is 1.16. The van der Waals surface area contributed by atoms with Crippen molar-refractivity contribution in [2.24, 2.45) is 17.8 Å². The largest absolute Gasteiger partial charge is 0.396 e. The summed E-state index contributed by atoms with van der Waals surface area (Å²) < 4.78 is 12.8. The maximum Gasteiger partial charge on any atom is 0.256 e. The van der Waals surface area contributed by atoms with Gasteiger partial charge in [0, 0.05) is 31.6 Å². The first kappa shape index (κ1) is 25.9. The zero-order valence-corrected chi connectivity index (χ0v) is 24.2. The van der Waals surface area contributed by atoms with Gasteiger partial charge < -0.3 is 19.5 Å². The van der Waals surface area contributed by atoms with Crippen molar-refractivity contribution in [2.45, 2.75) is 133 Å². The molecule has 5 aliphatic rings. The molecule has 35 heavy (non-hydrogen) atoms. The van der Waals surface area contributed by atoms with Crippen LogP contribution in [0.15, 0.2) is 11.6 Å². The van der Waals surface area contributed by atoms with E-state index in [0.29, 0.717) is 24.0 Å². The molecule has 0 aromatic carbocycles. The third-order valence-electron chi connectivity index (χ3n) is 11.3. The van der Waals surface area contributed by atoms with Gasteiger partial charge in [-0.1, -0.05) is 50.9 Å². The molecule has 0 aromatic rings. The predicted octanol–water partition coefficient (Wildman–Crippen LogP) is 5.55. The van der Waals surface area contributed by atoms with Crippen molar-refractivity contribution >= 4 is 14.0 Å². The normalized spacial score (nSPS) is 45.1. The summed E-state index contributed by atoms with van der Waals surface area (Å²) in [5, 5.41) is 10.1. The molecule has 3 unspecified atom stereocenters. The van der Waals surface area contributed by atoms with Gasteiger partial charge in [-0.15, -0.1) is 0 Å². The molecule has 0 bridgehead atoms. The molecule has 5 nitrogen and oxygen atoms in total. The number of aliphatic hydroxyl groups excluding tert-OH is 1. The van der Waals surface area contributed by atoms with Crippen LogP contribution in [0.1, 0.15) is 79.1 Å². The lowest BCUT2D eigenvalue weighted by atomic mass is 9.65. The highest BCUT2D eigenvalue weighted by Gasteiger charge is 2.73. The lowest BCUT2D eigenvalue weighted by Gasteiger charge is -2.49. The molecular formula is C29H49NO4Si. The SMILES string of the molecule is COC1CCC([Si](C)(C)[C@H]2[C@H](CCO)O[C@@]3(C(=O)N4C5C(CCCC53)C(C)=CC4(C)C)[C@@H]2C)CC1. The summed E-state index contributed by atoms with van der Waals surface area (Å²) in [6, 6.07) is 0.258. The van der Waals surface area contributed by atoms with Crippen molar-refractivity contribution in [3.63, 3.8) is 0 Å². The first-order chi connectivity index (χ1) is 16.5. The molecule has 1 amide bonds. The molecule has 7 atom stereocenters. The van der Waals surface area contributed by atoms with Crippen molar-refractivity contribution in [2.75, 3.05) is 13.7 Å². The van der Waals surface area contributed by atoms with Crippen LogP contribution < -0.4 is 0 Å². The average molecular weight is 504 g/mol. The summed E-state index contributed by atoms with van der Waals surface area (Å²) in [6.45, 7) is 14.3. The van der Waals surface area contributed by atoms with Gasteiger partial charge in [0.15, 0.2) is 5.60 Å². The Morgan fingerprint density at radius 1 is 1.17 bits per heavy atom. The Labute approximate surface area is 214 Å². The van der Waals surface area contributed by atoms with Crippen LogP contribution in [0.2, 0.25) is 24.2 Å². The number of ether oxygens (including phenoxy) is 2. The maximum atomic E-state index is 14.6. The molecule has 3 aliphatic heterocycles. The fraction of sp³-hybridized carbons (Fsp3) is 0.897. The smallest absolute Gasteiger partial charge is 0.256 e. The van der Waals surface area contributed by atoms with E-state index in [9.17, 15) is 9.90 Å². The van der Waals surface area contributed by atoms with E-state index in [4.69, 9.17) is 9.47 Å². The summed E-state index contributed by atoms with van der Waals surface area (Å²) >= 11 is 0. The van der Waals surface area contributed by atoms with Crippen LogP contribution in [-0.2, 0) is 14.3 Å². The average Bonchev–Trinajstić information content (AvgIpc) is 3.25. The number of rotatable bonds is 5. The Hall–Kier alpha value is -0.693. The van der Waals surface area contributed by atoms with E-state index in [0.717, 1.165) is 24.8 Å². The van der Waals surface area contributed by atoms with Crippen molar-refractivity contribution in [3.8, 4) is 0 Å². The molecule has 2 saturated carbocycles. The van der Waals surface area contributed by atoms with E-state index < -0.39 is 13.7 Å². The molecule has 4 fully saturated rings. The number of nitrogens with zero attached hydrogens (tertiary/aromatic N) is 1. The van der Waals surface area contributed by atoms with Crippen LogP contribution in [0, 0.1) is 17.8 Å². The summed E-state index contributed by atoms with van der Waals surface area (Å²) in [5.41, 5.74) is 1.57. The van der Waals surface area contributed by atoms with E-state index in [1.165, 1.54) is 31.3 Å². The van der Waals surface area contributed by atoms with Crippen LogP contribution in [0.4, 0.5) is 0 Å². The van der Waals surface area contributed by atoms with E-state index in [1.807, 2.05) is 7.11 Å². The number of carbonyl (C=O) groups is 1. The van der Waals surface area contributed by atoms with E-state index in [1.54, 1.807) is 0 Å². The molecule has 1 N–H and O–H groups in total. The van der Waals surface area contributed by atoms with Gasteiger partial charge >= 0.3 is 0 Å². The van der Waals surface area contributed by atoms with E-state index >= 15 is 0 Å². The molecule has 1 spiro atoms. The summed E-state index contributed by atoms with van der Waals surface area (Å²) in [6.07, 6.45) is 11.6. The van der Waals surface area contributed by atoms with Gasteiger partial charge in [0.1, 0.15) is 0 Å². The zero-order chi connectivity index (χ0) is 25.3. The molecule has 198 valence electrons. The van der Waals surface area contributed by atoms with Gasteiger partial charge in [-0.3, -0.25) is 4.79 Å². The van der Waals surface area contributed by atoms with Crippen LogP contribution in [-0.4, -0.2) is 67.1 Å². The molecule has 2 saturated heterocycles. The first-order valence-corrected chi connectivity index (χ1v) is 17.5. The van der Waals surface area contributed by atoms with Gasteiger partial charge in [-0.25, -0.2) is 0 Å². The highest BCUT2D eigenvalue weighted by molar-refractivity contribution is 6.80. The Kier molecular flexibility index (Phi) is 6.64. The minimum atomic E-state index is -1.81. The number of aliphatic hydroxyl groups is 1. The predicted molar refractivity (Wildman–Crippen MR) is 142 cm³/mol. The van der Waals surface area contributed by atoms with Gasteiger partial charge in [0.25, 0.3) is 5.91 Å². The lowest BCUT2D eigenvalue weighted by molar-refractivity contribution is -0.158. The van der Waals surface area contributed by atoms with Crippen LogP contribution >= 0.6 is 0 Å². The number of amides is 1. The van der Waals surface area contributed by atoms with Gasteiger partial charge in [-0.05, 0) is 69.9 Å². The Bertz CT molecular complexity index is 863. The third-order valence-corrected chi connectivity index (χ3v) is 16.6. The van der Waals surface area contributed by atoms with Crippen molar-refractivity contribution in [1.29, 1.82) is 0 Å². The fourth-order valence-electron chi connectivity index (χ4n) is 9.86. The number of fused-ring (bicyclic) bond motifs is 1. The molecule has 5 rings (SSSR count). The van der Waals surface area contributed by atoms with Gasteiger partial charge in [0.2, 0.25) is 0 Å². The number of hydrogen-bond donors (Lipinski definition) is 1. The minimum absolute atomic E-state index is 0.0142. The highest BCUT2D eigenvalue weighted by Crippen LogP contribution is 2.64. The van der Waals surface area contributed by atoms with Crippen LogP contribution in [0.3, 0.4) is 0 Å². The zero-order valence-electron chi connectivity index (χ0n) is 23.2. The van der Waals surface area contributed by atoms with Gasteiger partial charge in [-0.2, -0.15) is 0 Å². The second-order valence-electron chi connectivity index (χ2n) is 13.7. The van der Waals surface area contributed by atoms with Crippen molar-refractivity contribution in [1.82, 2.24) is 4.90 Å². The second kappa shape index (κ2) is 8.95. The first-order valence-electron chi connectivity index (χ1n) is 14.3. The molecule has 3 heterocycles. The Morgan fingerprint density at radius 3 is 2.49 bits per heavy atom. The minimum Gasteiger partial charge on any atom is -0.396 e. The molecular weight excluding hydrogens is 454 g/mol. The summed E-state index contributed by atoms with van der Waals surface area (Å²) in [4.78, 5) is 16.9. The van der Waals surface area contributed by atoms with Crippen LogP contribution in [0.5, 0.6) is 0 Å². The Morgan fingerprint density at radius 2 is 1.86 bits per heavy atom. The molecule has 0 radical (unpaired) electrons. The number of hydrogen-bond acceptors (Lipinski definition) is 4. The van der Waals surface area contributed by atoms with Gasteiger partial charge in [0.05, 0.1) is 25.8 Å². The van der Waals surface area contributed by atoms with E-state index in [-0.39, 0.29) is 42.0 Å². The molecule has 2 aliphatic carbocycles. The number of methoxy groups -OCH3 is 1. The standard InChI is InChI=1S/C29H49NO4Si/c1-18-17-28(3,4)30-25-22(18)9-8-10-23(25)29(27(30)32)19(2)26(24(34-29)15-16-31)35(6,7)21-13-11-20(33-5)12-14-21/h17,19-26,31H,8-16H2,1-7H3/t19-,20?,21?,22?,23?,24+,25?,26-,29+/m1/s1. The van der Waals surface area contributed by atoms with Crippen molar-refractivity contribution < 1.29 is 19.4 Å². The Balaban J connectivity index is 1.53. The topological polar surface area (TPSA) is 59.0 Å². The third kappa shape index (κ3) is 3.67. The highest BCUT2D eigenvalue weighted by atomic mass is 28.3. The van der Waals surface area contributed by atoms with Crippen LogP contribution in [0.25, 0.3) is 0 Å². The molecule has 6 heteroatoms. The second-order valence-corrected chi connectivity index (χ2v) is 18.8. The quantitative estimate of drug-likeness (QED) is 0.395. The summed E-state index contributed by atoms with van der Waals surface area (Å²) in [7, 11) is 0.0316. The number of carbonyl (C=O) groups excluding carboxylic acids is 1. The fourth-order valence-corrected chi connectivity index (χ4v) is 15.0.